The second kappa shape index (κ2) is 9.45. The first-order valence-electron chi connectivity index (χ1n) is 8.45. The third kappa shape index (κ3) is 5.08. The van der Waals surface area contributed by atoms with Crippen molar-refractivity contribution < 1.29 is 8.39 Å². The molecule has 130 valence electrons. The maximum absolute atomic E-state index is 12.2. The molecule has 2 aromatic carbocycles. The molecule has 0 amide bonds. The molecule has 0 radical (unpaired) electrons. The average Bonchev–Trinajstić information content (AvgIpc) is 2.65. The third-order valence-electron chi connectivity index (χ3n) is 3.70. The van der Waals surface area contributed by atoms with Crippen molar-refractivity contribution in [2.24, 2.45) is 0 Å². The summed E-state index contributed by atoms with van der Waals surface area (Å²) in [5, 5.41) is 3.34. The van der Waals surface area contributed by atoms with Crippen LogP contribution >= 0.6 is 0 Å². The lowest BCUT2D eigenvalue weighted by Crippen LogP contribution is -2.43. The van der Waals surface area contributed by atoms with Crippen LogP contribution in [0.3, 0.4) is 0 Å². The first kappa shape index (κ1) is 18.5. The summed E-state index contributed by atoms with van der Waals surface area (Å²) in [6.07, 6.45) is 0. The van der Waals surface area contributed by atoms with Crippen LogP contribution < -0.4 is 14.4 Å². The molecule has 0 bridgehead atoms. The fourth-order valence-corrected chi connectivity index (χ4v) is 3.16. The van der Waals surface area contributed by atoms with Gasteiger partial charge in [-0.1, -0.05) is 31.5 Å². The first-order chi connectivity index (χ1) is 11.7. The van der Waals surface area contributed by atoms with Gasteiger partial charge in [0.15, 0.2) is 0 Å². The zero-order valence-electron chi connectivity index (χ0n) is 14.6. The molecule has 1 unspecified atom stereocenters. The molecule has 1 atom stereocenters. The molecule has 5 heteroatoms. The number of aryl methyl sites for hydroxylation is 1. The highest BCUT2D eigenvalue weighted by Crippen LogP contribution is 2.21. The molecule has 24 heavy (non-hydrogen) atoms. The van der Waals surface area contributed by atoms with Crippen molar-refractivity contribution in [3.05, 3.63) is 54.1 Å². The number of hydrogen-bond donors (Lipinski definition) is 1. The summed E-state index contributed by atoms with van der Waals surface area (Å²) in [6.45, 7) is 10.0. The van der Waals surface area contributed by atoms with Gasteiger partial charge in [0, 0.05) is 31.9 Å². The van der Waals surface area contributed by atoms with Gasteiger partial charge in [-0.05, 0) is 43.3 Å². The Morgan fingerprint density at radius 1 is 0.958 bits per heavy atom. The van der Waals surface area contributed by atoms with Crippen molar-refractivity contribution in [3.63, 3.8) is 0 Å². The van der Waals surface area contributed by atoms with Gasteiger partial charge in [-0.25, -0.2) is 4.21 Å². The van der Waals surface area contributed by atoms with Crippen LogP contribution in [-0.2, 0) is 11.1 Å². The summed E-state index contributed by atoms with van der Waals surface area (Å²) in [5.41, 5.74) is 2.32. The van der Waals surface area contributed by atoms with Gasteiger partial charge < -0.3 is 14.4 Å². The van der Waals surface area contributed by atoms with Gasteiger partial charge >= 0.3 is 0 Å². The van der Waals surface area contributed by atoms with Gasteiger partial charge in [0.25, 0.3) is 0 Å². The smallest absolute Gasteiger partial charge is 0.240 e. The van der Waals surface area contributed by atoms with Crippen molar-refractivity contribution in [2.45, 2.75) is 25.7 Å². The van der Waals surface area contributed by atoms with E-state index in [-0.39, 0.29) is 0 Å². The summed E-state index contributed by atoms with van der Waals surface area (Å²) in [4.78, 5) is 3.01. The van der Waals surface area contributed by atoms with Crippen LogP contribution in [0.1, 0.15) is 19.4 Å². The number of nitrogens with zero attached hydrogens (tertiary/aromatic N) is 1. The van der Waals surface area contributed by atoms with Crippen LogP contribution in [0.15, 0.2) is 53.4 Å². The van der Waals surface area contributed by atoms with Crippen molar-refractivity contribution in [1.29, 1.82) is 0 Å². The predicted octanol–water partition coefficient (Wildman–Crippen LogP) is 3.53. The Kier molecular flexibility index (Phi) is 7.28. The maximum Gasteiger partial charge on any atom is 0.240 e. The van der Waals surface area contributed by atoms with Crippen LogP contribution in [0.4, 0.5) is 5.69 Å². The van der Waals surface area contributed by atoms with Gasteiger partial charge in [0.1, 0.15) is 5.75 Å². The normalized spacial score (nSPS) is 15.2. The van der Waals surface area contributed by atoms with Crippen LogP contribution in [0.5, 0.6) is 5.75 Å². The molecule has 4 nitrogen and oxygen atoms in total. The highest BCUT2D eigenvalue weighted by molar-refractivity contribution is 7.80. The Bertz CT molecular complexity index is 635. The summed E-state index contributed by atoms with van der Waals surface area (Å²) >= 11 is -1.48. The average molecular weight is 346 g/mol. The Labute approximate surface area is 147 Å². The second-order valence-electron chi connectivity index (χ2n) is 5.36. The van der Waals surface area contributed by atoms with Gasteiger partial charge in [-0.3, -0.25) is 0 Å². The quantitative estimate of drug-likeness (QED) is 0.919. The first-order valence-corrected chi connectivity index (χ1v) is 9.52. The van der Waals surface area contributed by atoms with E-state index in [9.17, 15) is 4.21 Å². The topological polar surface area (TPSA) is 41.6 Å². The Morgan fingerprint density at radius 3 is 2.12 bits per heavy atom. The lowest BCUT2D eigenvalue weighted by Gasteiger charge is -2.29. The molecule has 3 rings (SSSR count). The van der Waals surface area contributed by atoms with Crippen molar-refractivity contribution in [3.8, 4) is 5.75 Å². The molecule has 0 aliphatic carbocycles. The minimum Gasteiger partial charge on any atom is -0.397 e. The third-order valence-corrected chi connectivity index (χ3v) is 4.71. The highest BCUT2D eigenvalue weighted by Gasteiger charge is 2.11. The number of benzene rings is 2. The molecule has 0 aromatic heterocycles. The molecule has 1 aliphatic rings. The molecule has 0 spiro atoms. The number of rotatable bonds is 4. The van der Waals surface area contributed by atoms with Crippen molar-refractivity contribution in [2.75, 3.05) is 31.1 Å². The molecular formula is C19H26N2O2S. The number of nitrogens with one attached hydrogen (secondary N) is 1. The molecule has 1 N–H and O–H groups in total. The molecule has 1 fully saturated rings. The molecule has 1 saturated heterocycles. The summed E-state index contributed by atoms with van der Waals surface area (Å²) in [6, 6.07) is 15.3. The number of piperazine rings is 1. The molecule has 1 aliphatic heterocycles. The van der Waals surface area contributed by atoms with E-state index in [1.807, 2.05) is 69.3 Å². The largest absolute Gasteiger partial charge is 0.397 e. The van der Waals surface area contributed by atoms with E-state index in [0.29, 0.717) is 10.6 Å². The van der Waals surface area contributed by atoms with Crippen LogP contribution in [0, 0.1) is 6.92 Å². The zero-order valence-corrected chi connectivity index (χ0v) is 15.4. The van der Waals surface area contributed by atoms with Crippen LogP contribution in [0.25, 0.3) is 0 Å². The summed E-state index contributed by atoms with van der Waals surface area (Å²) in [5.74, 6) is 0.623. The SMILES string of the molecule is CC.Cc1ccc(S(=O)Oc2ccc(N3CCNCC3)cc2)cc1. The second-order valence-corrected chi connectivity index (χ2v) is 6.47. The van der Waals surface area contributed by atoms with E-state index >= 15 is 0 Å². The van der Waals surface area contributed by atoms with Gasteiger partial charge in [-0.2, -0.15) is 0 Å². The summed E-state index contributed by atoms with van der Waals surface area (Å²) < 4.78 is 17.7. The molecule has 0 saturated carbocycles. The van der Waals surface area contributed by atoms with E-state index in [1.54, 1.807) is 0 Å². The lowest BCUT2D eigenvalue weighted by molar-refractivity contribution is 0.561. The van der Waals surface area contributed by atoms with Crippen LogP contribution in [-0.4, -0.2) is 30.4 Å². The minimum atomic E-state index is -1.48. The van der Waals surface area contributed by atoms with E-state index in [1.165, 1.54) is 5.69 Å². The van der Waals surface area contributed by atoms with Gasteiger partial charge in [0.2, 0.25) is 11.1 Å². The molecule has 1 heterocycles. The zero-order chi connectivity index (χ0) is 17.4. The molecule has 2 aromatic rings. The van der Waals surface area contributed by atoms with Crippen molar-refractivity contribution in [1.82, 2.24) is 5.32 Å². The van der Waals surface area contributed by atoms with Crippen molar-refractivity contribution >= 4 is 16.8 Å². The monoisotopic (exact) mass is 346 g/mol. The van der Waals surface area contributed by atoms with Gasteiger partial charge in [-0.15, -0.1) is 0 Å². The standard InChI is InChI=1S/C17H20N2O2S.C2H6/c1-14-2-8-17(9-3-14)22(20)21-16-6-4-15(5-7-16)19-12-10-18-11-13-19;1-2/h2-9,18H,10-13H2,1H3;1-2H3. The van der Waals surface area contributed by atoms with E-state index in [2.05, 4.69) is 10.2 Å². The Hall–Kier alpha value is -1.85. The predicted molar refractivity (Wildman–Crippen MR) is 101 cm³/mol. The maximum atomic E-state index is 12.2. The number of hydrogen-bond acceptors (Lipinski definition) is 4. The summed E-state index contributed by atoms with van der Waals surface area (Å²) in [7, 11) is 0. The number of anilines is 1. The highest BCUT2D eigenvalue weighted by atomic mass is 32.2. The fourth-order valence-electron chi connectivity index (χ4n) is 2.42. The van der Waals surface area contributed by atoms with Crippen LogP contribution in [0.2, 0.25) is 0 Å². The molecular weight excluding hydrogens is 320 g/mol. The Morgan fingerprint density at radius 2 is 1.54 bits per heavy atom. The lowest BCUT2D eigenvalue weighted by atomic mass is 10.2. The van der Waals surface area contributed by atoms with E-state index in [0.717, 1.165) is 31.7 Å². The van der Waals surface area contributed by atoms with E-state index in [4.69, 9.17) is 4.18 Å². The fraction of sp³-hybridized carbons (Fsp3) is 0.368. The van der Waals surface area contributed by atoms with Gasteiger partial charge in [0.05, 0.1) is 4.90 Å². The Balaban J connectivity index is 0.00000100. The minimum absolute atomic E-state index is 0.623. The van der Waals surface area contributed by atoms with E-state index < -0.39 is 11.1 Å².